The summed E-state index contributed by atoms with van der Waals surface area (Å²) in [5.74, 6) is -3.08. The van der Waals surface area contributed by atoms with E-state index >= 15 is 0 Å². The molecule has 49 heavy (non-hydrogen) atoms. The van der Waals surface area contributed by atoms with Crippen LogP contribution in [-0.4, -0.2) is 82.1 Å². The Hall–Kier alpha value is -4.28. The Morgan fingerprint density at radius 1 is 1.08 bits per heavy atom. The van der Waals surface area contributed by atoms with Gasteiger partial charge in [0.1, 0.15) is 17.7 Å². The predicted octanol–water partition coefficient (Wildman–Crippen LogP) is 4.49. The van der Waals surface area contributed by atoms with Crippen LogP contribution < -0.4 is 5.32 Å². The number of allylic oxidation sites excluding steroid dienone is 1. The second kappa shape index (κ2) is 16.4. The Morgan fingerprint density at radius 3 is 2.47 bits per heavy atom. The van der Waals surface area contributed by atoms with Crippen molar-refractivity contribution < 1.29 is 33.8 Å². The molecule has 2 aromatic rings. The van der Waals surface area contributed by atoms with Crippen LogP contribution >= 0.6 is 0 Å². The molecule has 10 nitrogen and oxygen atoms in total. The second-order valence-electron chi connectivity index (χ2n) is 13.3. The van der Waals surface area contributed by atoms with Crippen LogP contribution in [0.3, 0.4) is 0 Å². The third-order valence-corrected chi connectivity index (χ3v) is 10.0. The molecule has 3 aliphatic rings. The van der Waals surface area contributed by atoms with Gasteiger partial charge in [0.05, 0.1) is 24.0 Å². The van der Waals surface area contributed by atoms with Gasteiger partial charge >= 0.3 is 5.97 Å². The maximum atomic E-state index is 14.6. The van der Waals surface area contributed by atoms with E-state index in [2.05, 4.69) is 18.5 Å². The van der Waals surface area contributed by atoms with E-state index in [-0.39, 0.29) is 37.3 Å². The molecule has 2 bridgehead atoms. The monoisotopic (exact) mass is 671 g/mol. The molecule has 3 amide bonds. The van der Waals surface area contributed by atoms with Crippen LogP contribution in [-0.2, 0) is 35.2 Å². The van der Waals surface area contributed by atoms with Crippen molar-refractivity contribution in [3.05, 3.63) is 97.1 Å². The fourth-order valence-corrected chi connectivity index (χ4v) is 7.82. The zero-order valence-electron chi connectivity index (χ0n) is 28.4. The number of ether oxygens (including phenoxy) is 2. The number of carbonyl (C=O) groups is 4. The smallest absolute Gasteiger partial charge is 0.313 e. The summed E-state index contributed by atoms with van der Waals surface area (Å²) in [6, 6.07) is 17.4. The number of nitrogens with zero attached hydrogens (tertiary/aromatic N) is 2. The van der Waals surface area contributed by atoms with E-state index in [1.807, 2.05) is 60.7 Å². The highest BCUT2D eigenvalue weighted by molar-refractivity contribution is 5.98. The zero-order valence-corrected chi connectivity index (χ0v) is 28.4. The molecule has 262 valence electrons. The number of rotatable bonds is 18. The number of hydrogen-bond acceptors (Lipinski definition) is 7. The van der Waals surface area contributed by atoms with Crippen molar-refractivity contribution in [3.63, 3.8) is 0 Å². The minimum Gasteiger partial charge on any atom is -0.455 e. The number of likely N-dealkylation sites (tertiary alicyclic amines) is 1. The third kappa shape index (κ3) is 7.65. The number of benzene rings is 2. The molecule has 3 saturated heterocycles. The highest BCUT2D eigenvalue weighted by atomic mass is 16.6. The number of unbranched alkanes of at least 4 members (excludes halogenated alkanes) is 2. The third-order valence-electron chi connectivity index (χ3n) is 10.0. The van der Waals surface area contributed by atoms with E-state index in [1.165, 1.54) is 0 Å². The van der Waals surface area contributed by atoms with Gasteiger partial charge in [-0.3, -0.25) is 19.2 Å². The summed E-state index contributed by atoms with van der Waals surface area (Å²) < 4.78 is 12.9. The van der Waals surface area contributed by atoms with Gasteiger partial charge in [-0.15, -0.1) is 13.2 Å². The number of carbonyl (C=O) groups excluding carboxylic acids is 4. The molecule has 5 rings (SSSR count). The number of hydrogen-bond donors (Lipinski definition) is 2. The number of amides is 3. The summed E-state index contributed by atoms with van der Waals surface area (Å²) in [6.07, 6.45) is 5.58. The van der Waals surface area contributed by atoms with E-state index in [1.54, 1.807) is 28.9 Å². The van der Waals surface area contributed by atoms with E-state index < -0.39 is 47.7 Å². The average molecular weight is 672 g/mol. The lowest BCUT2D eigenvalue weighted by molar-refractivity contribution is -0.162. The first-order valence-corrected chi connectivity index (χ1v) is 17.4. The Morgan fingerprint density at radius 2 is 1.80 bits per heavy atom. The summed E-state index contributed by atoms with van der Waals surface area (Å²) in [5, 5.41) is 12.3. The first-order valence-electron chi connectivity index (χ1n) is 17.4. The Labute approximate surface area is 289 Å². The van der Waals surface area contributed by atoms with Crippen LogP contribution in [0.25, 0.3) is 0 Å². The number of esters is 1. The van der Waals surface area contributed by atoms with Gasteiger partial charge in [0, 0.05) is 32.7 Å². The van der Waals surface area contributed by atoms with Gasteiger partial charge < -0.3 is 29.7 Å². The van der Waals surface area contributed by atoms with Crippen LogP contribution in [0, 0.1) is 11.8 Å². The first-order chi connectivity index (χ1) is 23.7. The maximum absolute atomic E-state index is 14.6. The molecule has 3 heterocycles. The lowest BCUT2D eigenvalue weighted by Crippen LogP contribution is -2.56. The summed E-state index contributed by atoms with van der Waals surface area (Å²) in [4.78, 5) is 59.3. The molecule has 1 spiro atoms. The van der Waals surface area contributed by atoms with Gasteiger partial charge in [-0.2, -0.15) is 0 Å². The number of aliphatic hydroxyl groups excluding tert-OH is 1. The second-order valence-corrected chi connectivity index (χ2v) is 13.3. The van der Waals surface area contributed by atoms with Crippen molar-refractivity contribution in [2.24, 2.45) is 11.8 Å². The van der Waals surface area contributed by atoms with Gasteiger partial charge in [0.15, 0.2) is 0 Å². The standard InChI is InChI=1S/C39H49N3O7/c1-4-6-20-31(44)40-27(3)34(29-18-12-8-13-19-29)48-38(47)32-30-21-22-39(49-30)33(32)36(45)42(24-14-9-15-25-43)35(39)37(46)41(23-5-2)26-28-16-10-7-11-17-28/h4-5,7-8,10-13,16-19,27,30,32-35,43H,1-2,6,9,14-15,20-26H2,3H3,(H,40,44)/t27-,30-,32+,33+,34-,35-,39+/m0/s1. The van der Waals surface area contributed by atoms with E-state index in [0.717, 1.165) is 5.56 Å². The Kier molecular flexibility index (Phi) is 12.1. The molecule has 0 aromatic heterocycles. The first kappa shape index (κ1) is 36.0. The maximum Gasteiger partial charge on any atom is 0.313 e. The topological polar surface area (TPSA) is 125 Å². The molecule has 0 saturated carbocycles. The van der Waals surface area contributed by atoms with Gasteiger partial charge in [0.2, 0.25) is 17.7 Å². The molecule has 0 radical (unpaired) electrons. The van der Waals surface area contributed by atoms with Crippen molar-refractivity contribution in [1.29, 1.82) is 0 Å². The van der Waals surface area contributed by atoms with Crippen LogP contribution in [0.4, 0.5) is 0 Å². The van der Waals surface area contributed by atoms with Crippen molar-refractivity contribution >= 4 is 23.7 Å². The minimum atomic E-state index is -1.18. The van der Waals surface area contributed by atoms with Crippen LogP contribution in [0.2, 0.25) is 0 Å². The van der Waals surface area contributed by atoms with Gasteiger partial charge in [0.25, 0.3) is 0 Å². The highest BCUT2D eigenvalue weighted by Gasteiger charge is 2.75. The van der Waals surface area contributed by atoms with Crippen LogP contribution in [0.15, 0.2) is 86.0 Å². The molecule has 0 aliphatic carbocycles. The molecular formula is C39H49N3O7. The van der Waals surface area contributed by atoms with Gasteiger partial charge in [-0.25, -0.2) is 0 Å². The molecule has 3 aliphatic heterocycles. The minimum absolute atomic E-state index is 0.0431. The molecule has 0 unspecified atom stereocenters. The summed E-state index contributed by atoms with van der Waals surface area (Å²) in [7, 11) is 0. The summed E-state index contributed by atoms with van der Waals surface area (Å²) >= 11 is 0. The molecular weight excluding hydrogens is 622 g/mol. The number of aliphatic hydroxyl groups is 1. The van der Waals surface area contributed by atoms with Crippen LogP contribution in [0.5, 0.6) is 0 Å². The Balaban J connectivity index is 1.44. The zero-order chi connectivity index (χ0) is 35.0. The van der Waals surface area contributed by atoms with Crippen molar-refractivity contribution in [2.75, 3.05) is 19.7 Å². The fourth-order valence-electron chi connectivity index (χ4n) is 7.82. The lowest BCUT2D eigenvalue weighted by Gasteiger charge is -2.37. The largest absolute Gasteiger partial charge is 0.455 e. The van der Waals surface area contributed by atoms with Gasteiger partial charge in [-0.05, 0) is 56.6 Å². The molecule has 7 atom stereocenters. The lowest BCUT2D eigenvalue weighted by atomic mass is 9.70. The Bertz CT molecular complexity index is 1480. The fraction of sp³-hybridized carbons (Fsp3) is 0.487. The SMILES string of the molecule is C=CCCC(=O)N[C@@H](C)[C@H](OC(=O)[C@@H]1[C@@H]2CC[C@]3(O2)[C@H](C(=O)N(CC=C)Cc2ccccc2)N(CCCCCO)C(=O)[C@@H]13)c1ccccc1. The van der Waals surface area contributed by atoms with Crippen molar-refractivity contribution in [1.82, 2.24) is 15.1 Å². The van der Waals surface area contributed by atoms with Crippen LogP contribution in [0.1, 0.15) is 69.1 Å². The molecule has 2 aromatic carbocycles. The van der Waals surface area contributed by atoms with E-state index in [4.69, 9.17) is 9.47 Å². The van der Waals surface area contributed by atoms with Crippen molar-refractivity contribution in [3.8, 4) is 0 Å². The van der Waals surface area contributed by atoms with E-state index in [0.29, 0.717) is 57.2 Å². The summed E-state index contributed by atoms with van der Waals surface area (Å²) in [5.41, 5.74) is 0.479. The molecule has 10 heteroatoms. The average Bonchev–Trinajstić information content (AvgIpc) is 3.75. The highest BCUT2D eigenvalue weighted by Crippen LogP contribution is 2.59. The predicted molar refractivity (Wildman–Crippen MR) is 185 cm³/mol. The van der Waals surface area contributed by atoms with E-state index in [9.17, 15) is 24.3 Å². The number of fused-ring (bicyclic) bond motifs is 1. The van der Waals surface area contributed by atoms with Crippen molar-refractivity contribution in [2.45, 2.75) is 88.3 Å². The summed E-state index contributed by atoms with van der Waals surface area (Å²) in [6.45, 7) is 10.3. The normalized spacial score (nSPS) is 24.9. The van der Waals surface area contributed by atoms with Gasteiger partial charge in [-0.1, -0.05) is 72.8 Å². The quantitative estimate of drug-likeness (QED) is 0.136. The molecule has 2 N–H and O–H groups in total. The molecule has 3 fully saturated rings. The number of nitrogens with one attached hydrogen (secondary N) is 1.